The number of nitrogens with zero attached hydrogens (tertiary/aromatic N) is 2. The van der Waals surface area contributed by atoms with Gasteiger partial charge in [-0.05, 0) is 25.2 Å². The summed E-state index contributed by atoms with van der Waals surface area (Å²) in [6.07, 6.45) is 14.1. The molecule has 2 atom stereocenters. The van der Waals surface area contributed by atoms with Crippen LogP contribution >= 0.6 is 11.3 Å². The summed E-state index contributed by atoms with van der Waals surface area (Å²) < 4.78 is 2.11. The third kappa shape index (κ3) is 3.07. The van der Waals surface area contributed by atoms with Crippen molar-refractivity contribution in [2.75, 3.05) is 0 Å². The molecule has 4 heteroatoms. The van der Waals surface area contributed by atoms with Gasteiger partial charge < -0.3 is 5.73 Å². The van der Waals surface area contributed by atoms with E-state index < -0.39 is 0 Å². The highest BCUT2D eigenvalue weighted by Crippen LogP contribution is 2.33. The molecule has 3 nitrogen and oxygen atoms in total. The van der Waals surface area contributed by atoms with Crippen molar-refractivity contribution in [2.24, 2.45) is 11.7 Å². The van der Waals surface area contributed by atoms with Crippen LogP contribution in [0.4, 0.5) is 0 Å². The van der Waals surface area contributed by atoms with Crippen molar-refractivity contribution in [3.05, 3.63) is 23.5 Å². The fourth-order valence-corrected chi connectivity index (χ4v) is 4.32. The molecule has 0 saturated heterocycles. The number of imidazole rings is 1. The van der Waals surface area contributed by atoms with Crippen LogP contribution in [0.3, 0.4) is 0 Å². The van der Waals surface area contributed by atoms with E-state index in [4.69, 9.17) is 10.7 Å². The normalized spacial score (nSPS) is 27.8. The molecule has 0 amide bonds. The molecule has 2 aromatic heterocycles. The molecule has 2 unspecified atom stereocenters. The third-order valence-corrected chi connectivity index (χ3v) is 5.48. The first-order valence-electron chi connectivity index (χ1n) is 7.88. The van der Waals surface area contributed by atoms with Crippen LogP contribution in [0.25, 0.3) is 4.96 Å². The van der Waals surface area contributed by atoms with Crippen molar-refractivity contribution < 1.29 is 0 Å². The minimum atomic E-state index is -0.0352. The second-order valence-electron chi connectivity index (χ2n) is 6.45. The molecule has 0 radical (unpaired) electrons. The lowest BCUT2D eigenvalue weighted by molar-refractivity contribution is 0.353. The monoisotopic (exact) mass is 291 g/mol. The standard InChI is InChI=1S/C16H25N3S/c1-2-4-13-5-3-7-16(17,8-6-13)11-14-12-19-9-10-20-15(19)18-14/h9-10,12-13H,2-8,11,17H2,1H3. The summed E-state index contributed by atoms with van der Waals surface area (Å²) >= 11 is 1.69. The summed E-state index contributed by atoms with van der Waals surface area (Å²) in [5.41, 5.74) is 7.82. The van der Waals surface area contributed by atoms with Gasteiger partial charge in [-0.15, -0.1) is 11.3 Å². The second kappa shape index (κ2) is 5.86. The van der Waals surface area contributed by atoms with Gasteiger partial charge in [0.15, 0.2) is 4.96 Å². The van der Waals surface area contributed by atoms with Gasteiger partial charge in [-0.25, -0.2) is 4.98 Å². The minimum absolute atomic E-state index is 0.0352. The predicted octanol–water partition coefficient (Wildman–Crippen LogP) is 4.02. The highest BCUT2D eigenvalue weighted by molar-refractivity contribution is 7.15. The van der Waals surface area contributed by atoms with Gasteiger partial charge >= 0.3 is 0 Å². The van der Waals surface area contributed by atoms with Crippen molar-refractivity contribution in [3.63, 3.8) is 0 Å². The lowest BCUT2D eigenvalue weighted by Gasteiger charge is -2.27. The molecule has 0 bridgehead atoms. The molecule has 2 aromatic rings. The molecule has 1 fully saturated rings. The molecule has 1 saturated carbocycles. The number of aromatic nitrogens is 2. The van der Waals surface area contributed by atoms with Gasteiger partial charge in [0, 0.05) is 29.7 Å². The maximum atomic E-state index is 6.69. The summed E-state index contributed by atoms with van der Waals surface area (Å²) in [5, 5.41) is 2.07. The molecule has 0 aromatic carbocycles. The summed E-state index contributed by atoms with van der Waals surface area (Å²) in [7, 11) is 0. The number of rotatable bonds is 4. The average molecular weight is 291 g/mol. The molecule has 2 heterocycles. The Morgan fingerprint density at radius 2 is 2.35 bits per heavy atom. The predicted molar refractivity (Wildman–Crippen MR) is 85.2 cm³/mol. The minimum Gasteiger partial charge on any atom is -0.325 e. The van der Waals surface area contributed by atoms with E-state index in [0.717, 1.165) is 35.8 Å². The number of hydrogen-bond donors (Lipinski definition) is 1. The van der Waals surface area contributed by atoms with Gasteiger partial charge in [0.05, 0.1) is 5.69 Å². The van der Waals surface area contributed by atoms with E-state index in [1.807, 2.05) is 0 Å². The van der Waals surface area contributed by atoms with Gasteiger partial charge in [-0.1, -0.05) is 32.6 Å². The molecule has 20 heavy (non-hydrogen) atoms. The van der Waals surface area contributed by atoms with Crippen molar-refractivity contribution in [2.45, 2.75) is 63.8 Å². The van der Waals surface area contributed by atoms with Crippen molar-refractivity contribution in [3.8, 4) is 0 Å². The Morgan fingerprint density at radius 1 is 1.45 bits per heavy atom. The SMILES string of the molecule is CCCC1CCCC(N)(Cc2cn3ccsc3n2)CC1. The quantitative estimate of drug-likeness (QED) is 0.865. The first kappa shape index (κ1) is 14.1. The zero-order chi connectivity index (χ0) is 14.0. The topological polar surface area (TPSA) is 43.3 Å². The Morgan fingerprint density at radius 3 is 3.15 bits per heavy atom. The summed E-state index contributed by atoms with van der Waals surface area (Å²) in [4.78, 5) is 5.78. The van der Waals surface area contributed by atoms with Crippen LogP contribution in [0.5, 0.6) is 0 Å². The van der Waals surface area contributed by atoms with Gasteiger partial charge in [0.1, 0.15) is 0 Å². The van der Waals surface area contributed by atoms with E-state index >= 15 is 0 Å². The van der Waals surface area contributed by atoms with Crippen LogP contribution in [0.1, 0.15) is 57.6 Å². The van der Waals surface area contributed by atoms with Crippen molar-refractivity contribution >= 4 is 16.3 Å². The van der Waals surface area contributed by atoms with Crippen molar-refractivity contribution in [1.29, 1.82) is 0 Å². The molecular weight excluding hydrogens is 266 g/mol. The Kier molecular flexibility index (Phi) is 4.13. The van der Waals surface area contributed by atoms with Crippen molar-refractivity contribution in [1.82, 2.24) is 9.38 Å². The third-order valence-electron chi connectivity index (χ3n) is 4.71. The lowest BCUT2D eigenvalue weighted by atomic mass is 9.86. The van der Waals surface area contributed by atoms with Crippen LogP contribution in [0.2, 0.25) is 0 Å². The summed E-state index contributed by atoms with van der Waals surface area (Å²) in [6.45, 7) is 2.29. The number of hydrogen-bond acceptors (Lipinski definition) is 3. The number of nitrogens with two attached hydrogens (primary N) is 1. The van der Waals surface area contributed by atoms with Gasteiger partial charge in [-0.3, -0.25) is 4.40 Å². The molecule has 110 valence electrons. The first-order chi connectivity index (χ1) is 9.68. The first-order valence-corrected chi connectivity index (χ1v) is 8.76. The number of thiazole rings is 1. The van der Waals surface area contributed by atoms with Crippen LogP contribution in [-0.2, 0) is 6.42 Å². The zero-order valence-corrected chi connectivity index (χ0v) is 13.2. The van der Waals surface area contributed by atoms with Gasteiger partial charge in [0.2, 0.25) is 0 Å². The maximum Gasteiger partial charge on any atom is 0.193 e. The Balaban J connectivity index is 1.67. The molecule has 0 aliphatic heterocycles. The van der Waals surface area contributed by atoms with Crippen LogP contribution in [0, 0.1) is 5.92 Å². The van der Waals surface area contributed by atoms with Gasteiger partial charge in [-0.2, -0.15) is 0 Å². The van der Waals surface area contributed by atoms with E-state index in [2.05, 4.69) is 29.1 Å². The van der Waals surface area contributed by atoms with Crippen LogP contribution in [-0.4, -0.2) is 14.9 Å². The number of fused-ring (bicyclic) bond motifs is 1. The Bertz CT molecular complexity index is 530. The molecule has 2 N–H and O–H groups in total. The Hall–Kier alpha value is -0.870. The summed E-state index contributed by atoms with van der Waals surface area (Å²) in [5.74, 6) is 0.899. The molecular formula is C16H25N3S. The van der Waals surface area contributed by atoms with E-state index in [0.29, 0.717) is 0 Å². The molecule has 0 spiro atoms. The second-order valence-corrected chi connectivity index (χ2v) is 7.32. The Labute approximate surface area is 125 Å². The highest BCUT2D eigenvalue weighted by atomic mass is 32.1. The molecule has 1 aliphatic carbocycles. The van der Waals surface area contributed by atoms with Gasteiger partial charge in [0.25, 0.3) is 0 Å². The van der Waals surface area contributed by atoms with Crippen LogP contribution < -0.4 is 5.73 Å². The fourth-order valence-electron chi connectivity index (χ4n) is 3.60. The van der Waals surface area contributed by atoms with E-state index in [9.17, 15) is 0 Å². The largest absolute Gasteiger partial charge is 0.325 e. The zero-order valence-electron chi connectivity index (χ0n) is 12.3. The highest BCUT2D eigenvalue weighted by Gasteiger charge is 2.30. The maximum absolute atomic E-state index is 6.69. The lowest BCUT2D eigenvalue weighted by Crippen LogP contribution is -2.41. The van der Waals surface area contributed by atoms with E-state index in [1.165, 1.54) is 32.1 Å². The molecule has 3 rings (SSSR count). The fraction of sp³-hybridized carbons (Fsp3) is 0.688. The van der Waals surface area contributed by atoms with E-state index in [1.54, 1.807) is 11.3 Å². The smallest absolute Gasteiger partial charge is 0.193 e. The van der Waals surface area contributed by atoms with E-state index in [-0.39, 0.29) is 5.54 Å². The van der Waals surface area contributed by atoms with Crippen LogP contribution in [0.15, 0.2) is 17.8 Å². The summed E-state index contributed by atoms with van der Waals surface area (Å²) in [6, 6.07) is 0. The average Bonchev–Trinajstić information content (AvgIpc) is 2.91. The molecule has 1 aliphatic rings.